The average Bonchev–Trinajstić information content (AvgIpc) is 3.14. The Hall–Kier alpha value is -2.05. The molecular weight excluding hydrogens is 472 g/mol. The molecule has 0 spiro atoms. The van der Waals surface area contributed by atoms with Crippen molar-refractivity contribution in [2.45, 2.75) is 101 Å². The standard InChI is InChI=1S/C30H44O5S/c1-4-6-7-8-15-20-28(36-24-17-12-11-13-18-24)30-25(27(22-26(30)32)35-23(3)31)19-14-9-10-16-21-29(33)34-5-2/h9,11-15,17-18,20,25-28,30,32H,4-8,10,16,19,21-22H2,1-3H3/b14-9-,20-15+/t25-,26-,27+,28+,30-/m0/s1. The molecule has 1 saturated carbocycles. The van der Waals surface area contributed by atoms with E-state index >= 15 is 0 Å². The van der Waals surface area contributed by atoms with Crippen molar-refractivity contribution >= 4 is 23.7 Å². The predicted octanol–water partition coefficient (Wildman–Crippen LogP) is 6.89. The molecule has 5 atom stereocenters. The Morgan fingerprint density at radius 3 is 2.53 bits per heavy atom. The minimum absolute atomic E-state index is 0.0201. The van der Waals surface area contributed by atoms with Crippen molar-refractivity contribution in [2.75, 3.05) is 6.61 Å². The number of benzene rings is 1. The maximum Gasteiger partial charge on any atom is 0.305 e. The Kier molecular flexibility index (Phi) is 14.6. The van der Waals surface area contributed by atoms with Gasteiger partial charge in [0.2, 0.25) is 0 Å². The molecule has 1 fully saturated rings. The lowest BCUT2D eigenvalue weighted by molar-refractivity contribution is -0.148. The Morgan fingerprint density at radius 2 is 1.83 bits per heavy atom. The van der Waals surface area contributed by atoms with E-state index in [4.69, 9.17) is 9.47 Å². The van der Waals surface area contributed by atoms with Gasteiger partial charge in [-0.15, -0.1) is 11.8 Å². The smallest absolute Gasteiger partial charge is 0.305 e. The molecule has 0 heterocycles. The Morgan fingerprint density at radius 1 is 1.08 bits per heavy atom. The number of aliphatic hydroxyl groups excluding tert-OH is 1. The summed E-state index contributed by atoms with van der Waals surface area (Å²) in [6.45, 7) is 5.86. The maximum absolute atomic E-state index is 11.8. The number of hydrogen-bond donors (Lipinski definition) is 1. The number of thioether (sulfide) groups is 1. The van der Waals surface area contributed by atoms with Crippen LogP contribution in [0.4, 0.5) is 0 Å². The molecule has 1 aromatic rings. The number of carbonyl (C=O) groups excluding carboxylic acids is 2. The average molecular weight is 517 g/mol. The number of aliphatic hydroxyl groups is 1. The van der Waals surface area contributed by atoms with Gasteiger partial charge in [-0.05, 0) is 51.2 Å². The van der Waals surface area contributed by atoms with Crippen molar-refractivity contribution in [3.63, 3.8) is 0 Å². The first-order valence-electron chi connectivity index (χ1n) is 13.5. The van der Waals surface area contributed by atoms with E-state index < -0.39 is 6.10 Å². The first kappa shape index (κ1) is 30.2. The monoisotopic (exact) mass is 516 g/mol. The molecule has 0 unspecified atom stereocenters. The van der Waals surface area contributed by atoms with E-state index in [9.17, 15) is 14.7 Å². The molecule has 36 heavy (non-hydrogen) atoms. The van der Waals surface area contributed by atoms with Crippen LogP contribution in [0.3, 0.4) is 0 Å². The lowest BCUT2D eigenvalue weighted by Gasteiger charge is -2.29. The van der Waals surface area contributed by atoms with Crippen molar-refractivity contribution in [3.8, 4) is 0 Å². The van der Waals surface area contributed by atoms with Gasteiger partial charge in [0.15, 0.2) is 0 Å². The lowest BCUT2D eigenvalue weighted by Crippen LogP contribution is -2.31. The van der Waals surface area contributed by atoms with Crippen LogP contribution in [0, 0.1) is 11.8 Å². The van der Waals surface area contributed by atoms with Crippen LogP contribution in [-0.2, 0) is 19.1 Å². The molecule has 0 saturated heterocycles. The summed E-state index contributed by atoms with van der Waals surface area (Å²) in [6.07, 6.45) is 15.6. The second-order valence-electron chi connectivity index (χ2n) is 9.42. The van der Waals surface area contributed by atoms with Gasteiger partial charge in [0.1, 0.15) is 6.10 Å². The Labute approximate surface area is 221 Å². The van der Waals surface area contributed by atoms with Crippen LogP contribution in [0.1, 0.15) is 78.6 Å². The molecule has 1 aliphatic carbocycles. The van der Waals surface area contributed by atoms with Crippen LogP contribution in [0.15, 0.2) is 59.5 Å². The highest BCUT2D eigenvalue weighted by atomic mass is 32.2. The first-order chi connectivity index (χ1) is 17.5. The van der Waals surface area contributed by atoms with Crippen molar-refractivity contribution in [3.05, 3.63) is 54.6 Å². The Balaban J connectivity index is 2.14. The van der Waals surface area contributed by atoms with Gasteiger partial charge < -0.3 is 14.6 Å². The van der Waals surface area contributed by atoms with E-state index in [0.29, 0.717) is 25.9 Å². The third kappa shape index (κ3) is 10.9. The number of allylic oxidation sites excluding steroid dienone is 3. The molecule has 0 aromatic heterocycles. The second-order valence-corrected chi connectivity index (χ2v) is 10.7. The Bertz CT molecular complexity index is 822. The molecule has 1 N–H and O–H groups in total. The summed E-state index contributed by atoms with van der Waals surface area (Å²) in [5, 5.41) is 11.2. The normalized spacial score (nSPS) is 22.8. The van der Waals surface area contributed by atoms with Crippen molar-refractivity contribution in [1.29, 1.82) is 0 Å². The largest absolute Gasteiger partial charge is 0.466 e. The van der Waals surface area contributed by atoms with Gasteiger partial charge in [0.05, 0.1) is 12.7 Å². The minimum atomic E-state index is -0.543. The summed E-state index contributed by atoms with van der Waals surface area (Å²) in [5.41, 5.74) is 0. The van der Waals surface area contributed by atoms with Crippen LogP contribution in [0.2, 0.25) is 0 Å². The molecule has 6 heteroatoms. The topological polar surface area (TPSA) is 72.8 Å². The van der Waals surface area contributed by atoms with E-state index in [2.05, 4.69) is 43.4 Å². The summed E-state index contributed by atoms with van der Waals surface area (Å²) in [5.74, 6) is -0.484. The van der Waals surface area contributed by atoms with Crippen molar-refractivity contribution in [1.82, 2.24) is 0 Å². The fraction of sp³-hybridized carbons (Fsp3) is 0.600. The number of esters is 2. The highest BCUT2D eigenvalue weighted by Crippen LogP contribution is 2.45. The van der Waals surface area contributed by atoms with Gasteiger partial charge in [-0.1, -0.05) is 62.3 Å². The fourth-order valence-electron chi connectivity index (χ4n) is 4.84. The molecule has 0 radical (unpaired) electrons. The van der Waals surface area contributed by atoms with Crippen LogP contribution >= 0.6 is 11.8 Å². The number of hydrogen-bond acceptors (Lipinski definition) is 6. The summed E-state index contributed by atoms with van der Waals surface area (Å²) in [6, 6.07) is 10.3. The van der Waals surface area contributed by atoms with Crippen molar-refractivity contribution < 1.29 is 24.2 Å². The van der Waals surface area contributed by atoms with Gasteiger partial charge in [-0.3, -0.25) is 9.59 Å². The predicted molar refractivity (Wildman–Crippen MR) is 147 cm³/mol. The van der Waals surface area contributed by atoms with E-state index in [1.165, 1.54) is 19.8 Å². The molecule has 5 nitrogen and oxygen atoms in total. The summed E-state index contributed by atoms with van der Waals surface area (Å²) >= 11 is 1.77. The van der Waals surface area contributed by atoms with Crippen LogP contribution in [-0.4, -0.2) is 41.1 Å². The summed E-state index contributed by atoms with van der Waals surface area (Å²) in [4.78, 5) is 24.6. The van der Waals surface area contributed by atoms with Gasteiger partial charge in [0, 0.05) is 41.7 Å². The van der Waals surface area contributed by atoms with E-state index in [1.807, 2.05) is 25.1 Å². The summed E-state index contributed by atoms with van der Waals surface area (Å²) in [7, 11) is 0. The molecule has 1 aromatic carbocycles. The van der Waals surface area contributed by atoms with E-state index in [1.54, 1.807) is 11.8 Å². The maximum atomic E-state index is 11.8. The molecule has 0 amide bonds. The molecule has 0 bridgehead atoms. The molecule has 1 aliphatic rings. The fourth-order valence-corrected chi connectivity index (χ4v) is 6.20. The SMILES string of the molecule is CCCCC/C=C/[C@@H](Sc1ccccc1)[C@H]1[C@@H](C/C=C\CCCC(=O)OCC)[C@H](OC(C)=O)C[C@@H]1O. The highest BCUT2D eigenvalue weighted by molar-refractivity contribution is 8.00. The molecule has 0 aliphatic heterocycles. The first-order valence-corrected chi connectivity index (χ1v) is 14.4. The van der Waals surface area contributed by atoms with Crippen molar-refractivity contribution in [2.24, 2.45) is 11.8 Å². The molecule has 200 valence electrons. The highest BCUT2D eigenvalue weighted by Gasteiger charge is 2.46. The number of carbonyl (C=O) groups is 2. The lowest BCUT2D eigenvalue weighted by atomic mass is 9.87. The number of rotatable bonds is 16. The van der Waals surface area contributed by atoms with Gasteiger partial charge in [-0.2, -0.15) is 0 Å². The third-order valence-corrected chi connectivity index (χ3v) is 7.82. The van der Waals surface area contributed by atoms with E-state index in [-0.39, 0.29) is 35.1 Å². The van der Waals surface area contributed by atoms with Crippen LogP contribution in [0.25, 0.3) is 0 Å². The van der Waals surface area contributed by atoms with Crippen LogP contribution in [0.5, 0.6) is 0 Å². The molecule has 2 rings (SSSR count). The number of unbranched alkanes of at least 4 members (excludes halogenated alkanes) is 4. The minimum Gasteiger partial charge on any atom is -0.466 e. The van der Waals surface area contributed by atoms with E-state index in [0.717, 1.165) is 30.6 Å². The number of ether oxygens (including phenoxy) is 2. The summed E-state index contributed by atoms with van der Waals surface area (Å²) < 4.78 is 10.7. The van der Waals surface area contributed by atoms with Gasteiger partial charge in [0.25, 0.3) is 0 Å². The zero-order valence-electron chi connectivity index (χ0n) is 22.1. The quantitative estimate of drug-likeness (QED) is 0.112. The molecular formula is C30H44O5S. The zero-order chi connectivity index (χ0) is 26.2. The van der Waals surface area contributed by atoms with Crippen LogP contribution < -0.4 is 0 Å². The van der Waals surface area contributed by atoms with Gasteiger partial charge in [-0.25, -0.2) is 0 Å². The van der Waals surface area contributed by atoms with Gasteiger partial charge >= 0.3 is 11.9 Å². The third-order valence-electron chi connectivity index (χ3n) is 6.53. The second kappa shape index (κ2) is 17.4. The zero-order valence-corrected chi connectivity index (χ0v) is 23.0.